The molecule has 0 unspecified atom stereocenters. The van der Waals surface area contributed by atoms with Crippen LogP contribution in [0.4, 0.5) is 5.69 Å². The highest BCUT2D eigenvalue weighted by Gasteiger charge is 2.19. The number of sulfonamides is 1. The first kappa shape index (κ1) is 16.3. The van der Waals surface area contributed by atoms with Gasteiger partial charge in [-0.15, -0.1) is 0 Å². The van der Waals surface area contributed by atoms with Crippen LogP contribution >= 0.6 is 27.5 Å². The Morgan fingerprint density at radius 2 is 1.95 bits per heavy atom. The lowest BCUT2D eigenvalue weighted by atomic mass is 10.2. The lowest BCUT2D eigenvalue weighted by Gasteiger charge is -2.13. The third-order valence-electron chi connectivity index (χ3n) is 2.96. The summed E-state index contributed by atoms with van der Waals surface area (Å²) in [4.78, 5) is 0.143. The Labute approximate surface area is 137 Å². The normalized spacial score (nSPS) is 11.4. The van der Waals surface area contributed by atoms with Gasteiger partial charge in [0.25, 0.3) is 10.0 Å². The molecule has 4 nitrogen and oxygen atoms in total. The molecule has 3 N–H and O–H groups in total. The number of rotatable bonds is 4. The first-order valence-electron chi connectivity index (χ1n) is 6.11. The Hall–Kier alpha value is -1.08. The van der Waals surface area contributed by atoms with Gasteiger partial charge in [-0.3, -0.25) is 4.72 Å². The fourth-order valence-electron chi connectivity index (χ4n) is 1.78. The minimum absolute atomic E-state index is 0.143. The monoisotopic (exact) mass is 388 g/mol. The van der Waals surface area contributed by atoms with Gasteiger partial charge in [0.1, 0.15) is 4.90 Å². The smallest absolute Gasteiger partial charge is 0.263 e. The molecule has 0 heterocycles. The average Bonchev–Trinajstić information content (AvgIpc) is 2.43. The minimum atomic E-state index is -3.73. The molecule has 2 aromatic rings. The second-order valence-electron chi connectivity index (χ2n) is 4.53. The van der Waals surface area contributed by atoms with Crippen molar-refractivity contribution in [2.24, 2.45) is 5.73 Å². The molecule has 0 aromatic heterocycles. The fourth-order valence-corrected chi connectivity index (χ4v) is 4.09. The summed E-state index contributed by atoms with van der Waals surface area (Å²) >= 11 is 9.17. The molecule has 0 spiro atoms. The predicted octanol–water partition coefficient (Wildman–Crippen LogP) is 3.67. The molecule has 7 heteroatoms. The molecule has 0 saturated heterocycles. The van der Waals surface area contributed by atoms with Gasteiger partial charge in [-0.1, -0.05) is 23.7 Å². The van der Waals surface area contributed by atoms with Crippen molar-refractivity contribution in [2.45, 2.75) is 18.4 Å². The first-order valence-corrected chi connectivity index (χ1v) is 8.76. The molecule has 0 aliphatic rings. The zero-order valence-electron chi connectivity index (χ0n) is 11.2. The molecule has 0 amide bonds. The van der Waals surface area contributed by atoms with Crippen LogP contribution in [0, 0.1) is 6.92 Å². The topological polar surface area (TPSA) is 72.2 Å². The van der Waals surface area contributed by atoms with E-state index in [0.29, 0.717) is 15.2 Å². The standard InChI is InChI=1S/C14H14BrClN2O2S/c1-9-2-4-11(16)7-13(9)18-21(19,20)14-6-10(8-17)3-5-12(14)15/h2-7,18H,8,17H2,1H3. The van der Waals surface area contributed by atoms with Crippen molar-refractivity contribution in [1.82, 2.24) is 0 Å². The highest BCUT2D eigenvalue weighted by atomic mass is 79.9. The molecule has 0 saturated carbocycles. The van der Waals surface area contributed by atoms with Gasteiger partial charge in [0, 0.05) is 16.0 Å². The summed E-state index contributed by atoms with van der Waals surface area (Å²) in [6, 6.07) is 10.0. The predicted molar refractivity (Wildman–Crippen MR) is 89.0 cm³/mol. The number of aryl methyl sites for hydroxylation is 1. The van der Waals surface area contributed by atoms with Gasteiger partial charge < -0.3 is 5.73 Å². The molecule has 0 radical (unpaired) electrons. The second-order valence-corrected chi connectivity index (χ2v) is 7.48. The lowest BCUT2D eigenvalue weighted by Crippen LogP contribution is -2.15. The van der Waals surface area contributed by atoms with Gasteiger partial charge in [-0.2, -0.15) is 0 Å². The van der Waals surface area contributed by atoms with Crippen LogP contribution in [0.2, 0.25) is 5.02 Å². The van der Waals surface area contributed by atoms with Crippen molar-refractivity contribution in [3.05, 3.63) is 57.0 Å². The van der Waals surface area contributed by atoms with Crippen LogP contribution in [-0.2, 0) is 16.6 Å². The number of hydrogen-bond donors (Lipinski definition) is 2. The van der Waals surface area contributed by atoms with Crippen LogP contribution < -0.4 is 10.5 Å². The Morgan fingerprint density at radius 3 is 2.62 bits per heavy atom. The summed E-state index contributed by atoms with van der Waals surface area (Å²) in [5.74, 6) is 0. The van der Waals surface area contributed by atoms with Crippen LogP contribution in [0.15, 0.2) is 45.8 Å². The first-order chi connectivity index (χ1) is 9.83. The molecule has 21 heavy (non-hydrogen) atoms. The van der Waals surface area contributed by atoms with E-state index in [1.165, 1.54) is 0 Å². The van der Waals surface area contributed by atoms with E-state index >= 15 is 0 Å². The maximum Gasteiger partial charge on any atom is 0.263 e. The van der Waals surface area contributed by atoms with Crippen molar-refractivity contribution in [3.63, 3.8) is 0 Å². The highest BCUT2D eigenvalue weighted by Crippen LogP contribution is 2.27. The molecule has 0 aliphatic carbocycles. The zero-order valence-corrected chi connectivity index (χ0v) is 14.4. The number of hydrogen-bond acceptors (Lipinski definition) is 3. The van der Waals surface area contributed by atoms with Gasteiger partial charge in [0.05, 0.1) is 5.69 Å². The number of nitrogens with two attached hydrogens (primary N) is 1. The molecule has 0 atom stereocenters. The Kier molecular flexibility index (Phi) is 4.93. The van der Waals surface area contributed by atoms with Crippen molar-refractivity contribution in [2.75, 3.05) is 4.72 Å². The molecule has 0 aliphatic heterocycles. The molecule has 2 aromatic carbocycles. The van der Waals surface area contributed by atoms with E-state index in [4.69, 9.17) is 17.3 Å². The number of anilines is 1. The maximum atomic E-state index is 12.5. The number of benzene rings is 2. The van der Waals surface area contributed by atoms with Crippen molar-refractivity contribution in [3.8, 4) is 0 Å². The van der Waals surface area contributed by atoms with E-state index < -0.39 is 10.0 Å². The van der Waals surface area contributed by atoms with E-state index in [0.717, 1.165) is 11.1 Å². The van der Waals surface area contributed by atoms with Crippen LogP contribution in [0.5, 0.6) is 0 Å². The Balaban J connectivity index is 2.45. The second kappa shape index (κ2) is 6.36. The van der Waals surface area contributed by atoms with E-state index in [-0.39, 0.29) is 11.4 Å². The molecule has 0 fully saturated rings. The largest absolute Gasteiger partial charge is 0.326 e. The van der Waals surface area contributed by atoms with Crippen molar-refractivity contribution >= 4 is 43.2 Å². The number of nitrogens with one attached hydrogen (secondary N) is 1. The molecule has 2 rings (SSSR count). The van der Waals surface area contributed by atoms with Crippen LogP contribution in [0.3, 0.4) is 0 Å². The molecule has 112 valence electrons. The van der Waals surface area contributed by atoms with E-state index in [1.54, 1.807) is 43.3 Å². The third-order valence-corrected chi connectivity index (χ3v) is 5.56. The van der Waals surface area contributed by atoms with E-state index in [2.05, 4.69) is 20.7 Å². The zero-order chi connectivity index (χ0) is 15.6. The van der Waals surface area contributed by atoms with Gasteiger partial charge >= 0.3 is 0 Å². The summed E-state index contributed by atoms with van der Waals surface area (Å²) < 4.78 is 28.1. The average molecular weight is 390 g/mol. The minimum Gasteiger partial charge on any atom is -0.326 e. The van der Waals surface area contributed by atoms with Crippen LogP contribution in [0.1, 0.15) is 11.1 Å². The van der Waals surface area contributed by atoms with E-state index in [9.17, 15) is 8.42 Å². The van der Waals surface area contributed by atoms with Crippen molar-refractivity contribution < 1.29 is 8.42 Å². The summed E-state index contributed by atoms with van der Waals surface area (Å²) in [6.07, 6.45) is 0. The van der Waals surface area contributed by atoms with Gasteiger partial charge in [-0.25, -0.2) is 8.42 Å². The van der Waals surface area contributed by atoms with Gasteiger partial charge in [0.15, 0.2) is 0 Å². The summed E-state index contributed by atoms with van der Waals surface area (Å²) in [6.45, 7) is 2.07. The molecular formula is C14H14BrClN2O2S. The Morgan fingerprint density at radius 1 is 1.24 bits per heavy atom. The summed E-state index contributed by atoms with van der Waals surface area (Å²) in [5.41, 5.74) is 7.54. The quantitative estimate of drug-likeness (QED) is 0.838. The lowest BCUT2D eigenvalue weighted by molar-refractivity contribution is 0.600. The van der Waals surface area contributed by atoms with Crippen LogP contribution in [0.25, 0.3) is 0 Å². The molecule has 0 bridgehead atoms. The Bertz CT molecular complexity index is 779. The fraction of sp³-hybridized carbons (Fsp3) is 0.143. The highest BCUT2D eigenvalue weighted by molar-refractivity contribution is 9.10. The van der Waals surface area contributed by atoms with Gasteiger partial charge in [-0.05, 0) is 58.2 Å². The van der Waals surface area contributed by atoms with Gasteiger partial charge in [0.2, 0.25) is 0 Å². The SMILES string of the molecule is Cc1ccc(Cl)cc1NS(=O)(=O)c1cc(CN)ccc1Br. The van der Waals surface area contributed by atoms with E-state index in [1.807, 2.05) is 0 Å². The third kappa shape index (κ3) is 3.77. The molecular weight excluding hydrogens is 376 g/mol. The maximum absolute atomic E-state index is 12.5. The van der Waals surface area contributed by atoms with Crippen molar-refractivity contribution in [1.29, 1.82) is 0 Å². The van der Waals surface area contributed by atoms with Crippen LogP contribution in [-0.4, -0.2) is 8.42 Å². The summed E-state index contributed by atoms with van der Waals surface area (Å²) in [7, 11) is -3.73. The summed E-state index contributed by atoms with van der Waals surface area (Å²) in [5, 5.41) is 0.466. The number of halogens is 2.